The van der Waals surface area contributed by atoms with Gasteiger partial charge in [-0.05, 0) is 11.6 Å². The fraction of sp³-hybridized carbons (Fsp3) is 0.400. The zero-order valence-electron chi connectivity index (χ0n) is 7.71. The lowest BCUT2D eigenvalue weighted by molar-refractivity contribution is 0.415. The molecule has 0 fully saturated rings. The Morgan fingerprint density at radius 2 is 2.46 bits per heavy atom. The molecule has 1 heterocycles. The van der Waals surface area contributed by atoms with Gasteiger partial charge in [0.05, 0.1) is 7.11 Å². The topological polar surface area (TPSA) is 47.3 Å². The molecule has 3 heteroatoms. The van der Waals surface area contributed by atoms with Gasteiger partial charge in [-0.3, -0.25) is 0 Å². The highest BCUT2D eigenvalue weighted by Crippen LogP contribution is 2.33. The number of methoxy groups -OCH3 is 1. The van der Waals surface area contributed by atoms with Gasteiger partial charge in [-0.25, -0.2) is 0 Å². The molecule has 0 aromatic heterocycles. The molecule has 0 aliphatic carbocycles. The van der Waals surface area contributed by atoms with Crippen molar-refractivity contribution in [2.24, 2.45) is 5.73 Å². The fourth-order valence-electron chi connectivity index (χ4n) is 1.72. The van der Waals surface area contributed by atoms with Gasteiger partial charge in [-0.1, -0.05) is 6.07 Å². The number of hydrogen-bond donors (Lipinski definition) is 2. The summed E-state index contributed by atoms with van der Waals surface area (Å²) in [7, 11) is 1.68. The fourth-order valence-corrected chi connectivity index (χ4v) is 1.72. The van der Waals surface area contributed by atoms with Crippen LogP contribution in [0.4, 0.5) is 5.69 Å². The highest BCUT2D eigenvalue weighted by atomic mass is 16.5. The first-order chi connectivity index (χ1) is 6.35. The lowest BCUT2D eigenvalue weighted by Crippen LogP contribution is -2.13. The maximum Gasteiger partial charge on any atom is 0.120 e. The molecular formula is C10H14N2O. The molecule has 0 saturated heterocycles. The SMILES string of the molecule is COc1ccc2c(c1)NCC2CN. The second-order valence-electron chi connectivity index (χ2n) is 3.27. The van der Waals surface area contributed by atoms with Crippen molar-refractivity contribution in [3.63, 3.8) is 0 Å². The van der Waals surface area contributed by atoms with Crippen LogP contribution in [0.1, 0.15) is 11.5 Å². The van der Waals surface area contributed by atoms with E-state index >= 15 is 0 Å². The van der Waals surface area contributed by atoms with Gasteiger partial charge in [0.1, 0.15) is 5.75 Å². The first-order valence-electron chi connectivity index (χ1n) is 4.47. The summed E-state index contributed by atoms with van der Waals surface area (Å²) in [5.41, 5.74) is 8.12. The zero-order valence-corrected chi connectivity index (χ0v) is 7.71. The van der Waals surface area contributed by atoms with E-state index in [1.807, 2.05) is 12.1 Å². The van der Waals surface area contributed by atoms with Gasteiger partial charge in [0, 0.05) is 30.8 Å². The minimum atomic E-state index is 0.459. The molecule has 1 unspecified atom stereocenters. The van der Waals surface area contributed by atoms with Crippen LogP contribution in [0.2, 0.25) is 0 Å². The Bertz CT molecular complexity index is 312. The van der Waals surface area contributed by atoms with Gasteiger partial charge in [-0.2, -0.15) is 0 Å². The number of fused-ring (bicyclic) bond motifs is 1. The van der Waals surface area contributed by atoms with E-state index in [-0.39, 0.29) is 0 Å². The molecule has 1 aliphatic heterocycles. The second kappa shape index (κ2) is 3.26. The molecule has 0 radical (unpaired) electrons. The van der Waals surface area contributed by atoms with Gasteiger partial charge in [0.15, 0.2) is 0 Å². The molecule has 0 saturated carbocycles. The number of rotatable bonds is 2. The highest BCUT2D eigenvalue weighted by molar-refractivity contribution is 5.60. The first kappa shape index (κ1) is 8.38. The molecular weight excluding hydrogens is 164 g/mol. The summed E-state index contributed by atoms with van der Waals surface area (Å²) < 4.78 is 5.14. The average Bonchev–Trinajstić information content (AvgIpc) is 2.59. The van der Waals surface area contributed by atoms with E-state index in [0.717, 1.165) is 18.0 Å². The third-order valence-corrected chi connectivity index (χ3v) is 2.52. The number of nitrogens with two attached hydrogens (primary N) is 1. The summed E-state index contributed by atoms with van der Waals surface area (Å²) in [4.78, 5) is 0. The Labute approximate surface area is 77.9 Å². The lowest BCUT2D eigenvalue weighted by atomic mass is 10.0. The van der Waals surface area contributed by atoms with Gasteiger partial charge in [0.2, 0.25) is 0 Å². The van der Waals surface area contributed by atoms with Crippen molar-refractivity contribution in [2.45, 2.75) is 5.92 Å². The molecule has 0 amide bonds. The smallest absolute Gasteiger partial charge is 0.120 e. The predicted octanol–water partition coefficient (Wildman–Crippen LogP) is 1.16. The third-order valence-electron chi connectivity index (χ3n) is 2.52. The Morgan fingerprint density at radius 3 is 3.15 bits per heavy atom. The Balaban J connectivity index is 2.34. The lowest BCUT2D eigenvalue weighted by Gasteiger charge is -2.06. The highest BCUT2D eigenvalue weighted by Gasteiger charge is 2.20. The number of ether oxygens (including phenoxy) is 1. The van der Waals surface area contributed by atoms with E-state index in [9.17, 15) is 0 Å². The zero-order chi connectivity index (χ0) is 9.26. The summed E-state index contributed by atoms with van der Waals surface area (Å²) in [6.07, 6.45) is 0. The van der Waals surface area contributed by atoms with E-state index in [4.69, 9.17) is 10.5 Å². The monoisotopic (exact) mass is 178 g/mol. The van der Waals surface area contributed by atoms with Crippen LogP contribution in [0, 0.1) is 0 Å². The summed E-state index contributed by atoms with van der Waals surface area (Å²) in [5.74, 6) is 1.35. The van der Waals surface area contributed by atoms with Crippen LogP contribution in [0.15, 0.2) is 18.2 Å². The van der Waals surface area contributed by atoms with E-state index in [1.54, 1.807) is 7.11 Å². The van der Waals surface area contributed by atoms with E-state index in [2.05, 4.69) is 11.4 Å². The van der Waals surface area contributed by atoms with Crippen LogP contribution >= 0.6 is 0 Å². The van der Waals surface area contributed by atoms with Crippen molar-refractivity contribution in [2.75, 3.05) is 25.5 Å². The van der Waals surface area contributed by atoms with E-state index < -0.39 is 0 Å². The average molecular weight is 178 g/mol. The van der Waals surface area contributed by atoms with Crippen molar-refractivity contribution in [3.8, 4) is 5.75 Å². The summed E-state index contributed by atoms with van der Waals surface area (Å²) in [6.45, 7) is 1.64. The van der Waals surface area contributed by atoms with Crippen LogP contribution < -0.4 is 15.8 Å². The minimum absolute atomic E-state index is 0.459. The van der Waals surface area contributed by atoms with Crippen LogP contribution in [0.3, 0.4) is 0 Å². The molecule has 70 valence electrons. The number of anilines is 1. The molecule has 3 N–H and O–H groups in total. The summed E-state index contributed by atoms with van der Waals surface area (Å²) >= 11 is 0. The van der Waals surface area contributed by atoms with Crippen molar-refractivity contribution < 1.29 is 4.74 Å². The second-order valence-corrected chi connectivity index (χ2v) is 3.27. The quantitative estimate of drug-likeness (QED) is 0.714. The first-order valence-corrected chi connectivity index (χ1v) is 4.47. The van der Waals surface area contributed by atoms with Gasteiger partial charge < -0.3 is 15.8 Å². The predicted molar refractivity (Wildman–Crippen MR) is 53.3 cm³/mol. The number of nitrogens with one attached hydrogen (secondary N) is 1. The molecule has 0 bridgehead atoms. The molecule has 1 aliphatic rings. The maximum atomic E-state index is 5.65. The minimum Gasteiger partial charge on any atom is -0.497 e. The van der Waals surface area contributed by atoms with Gasteiger partial charge in [0.25, 0.3) is 0 Å². The Morgan fingerprint density at radius 1 is 1.62 bits per heavy atom. The molecule has 1 aromatic carbocycles. The normalized spacial score (nSPS) is 19.4. The largest absolute Gasteiger partial charge is 0.497 e. The van der Waals surface area contributed by atoms with Crippen molar-refractivity contribution in [3.05, 3.63) is 23.8 Å². The standard InChI is InChI=1S/C10H14N2O/c1-13-8-2-3-9-7(5-11)6-12-10(9)4-8/h2-4,7,12H,5-6,11H2,1H3. The molecule has 2 rings (SSSR count). The van der Waals surface area contributed by atoms with Crippen molar-refractivity contribution in [1.82, 2.24) is 0 Å². The van der Waals surface area contributed by atoms with Gasteiger partial charge >= 0.3 is 0 Å². The molecule has 1 atom stereocenters. The summed E-state index contributed by atoms with van der Waals surface area (Å²) in [5, 5.41) is 3.32. The Hall–Kier alpha value is -1.22. The molecule has 3 nitrogen and oxygen atoms in total. The number of hydrogen-bond acceptors (Lipinski definition) is 3. The maximum absolute atomic E-state index is 5.65. The van der Waals surface area contributed by atoms with Crippen molar-refractivity contribution in [1.29, 1.82) is 0 Å². The molecule has 0 spiro atoms. The molecule has 13 heavy (non-hydrogen) atoms. The summed E-state index contributed by atoms with van der Waals surface area (Å²) in [6, 6.07) is 6.09. The third kappa shape index (κ3) is 1.35. The van der Waals surface area contributed by atoms with E-state index in [0.29, 0.717) is 12.5 Å². The van der Waals surface area contributed by atoms with Crippen LogP contribution in [-0.4, -0.2) is 20.2 Å². The van der Waals surface area contributed by atoms with Crippen LogP contribution in [-0.2, 0) is 0 Å². The molecule has 1 aromatic rings. The Kier molecular flexibility index (Phi) is 2.10. The number of benzene rings is 1. The van der Waals surface area contributed by atoms with Crippen LogP contribution in [0.25, 0.3) is 0 Å². The van der Waals surface area contributed by atoms with E-state index in [1.165, 1.54) is 5.56 Å². The van der Waals surface area contributed by atoms with Crippen molar-refractivity contribution >= 4 is 5.69 Å². The van der Waals surface area contributed by atoms with Crippen LogP contribution in [0.5, 0.6) is 5.75 Å². The van der Waals surface area contributed by atoms with Gasteiger partial charge in [-0.15, -0.1) is 0 Å².